The van der Waals surface area contributed by atoms with Crippen LogP contribution in [0.3, 0.4) is 0 Å². The topological polar surface area (TPSA) is 91.8 Å². The van der Waals surface area contributed by atoms with E-state index < -0.39 is 15.8 Å². The van der Waals surface area contributed by atoms with Crippen molar-refractivity contribution in [3.05, 3.63) is 65.7 Å². The summed E-state index contributed by atoms with van der Waals surface area (Å²) in [6, 6.07) is 14.6. The number of carboxylic acid groups (broad SMARTS) is 1. The molecule has 0 heterocycles. The van der Waals surface area contributed by atoms with Gasteiger partial charge in [-0.1, -0.05) is 30.3 Å². The van der Waals surface area contributed by atoms with Gasteiger partial charge in [-0.05, 0) is 36.8 Å². The third-order valence-electron chi connectivity index (χ3n) is 3.90. The van der Waals surface area contributed by atoms with Gasteiger partial charge in [-0.25, -0.2) is 8.42 Å². The second-order valence-corrected chi connectivity index (χ2v) is 7.79. The molecule has 2 aromatic carbocycles. The number of aliphatic carboxylic acids is 1. The van der Waals surface area contributed by atoms with Gasteiger partial charge in [0, 0.05) is 18.7 Å². The molecule has 0 atom stereocenters. The zero-order valence-corrected chi connectivity index (χ0v) is 15.3. The molecule has 0 saturated carbocycles. The van der Waals surface area contributed by atoms with Crippen LogP contribution in [-0.4, -0.2) is 43.4 Å². The number of hydrogen-bond donors (Lipinski definition) is 1. The normalized spacial score (nSPS) is 11.1. The van der Waals surface area contributed by atoms with Crippen molar-refractivity contribution in [2.24, 2.45) is 0 Å². The van der Waals surface area contributed by atoms with Crippen LogP contribution in [-0.2, 0) is 20.4 Å². The Morgan fingerprint density at radius 3 is 2.35 bits per heavy atom. The van der Waals surface area contributed by atoms with Crippen LogP contribution in [0.4, 0.5) is 0 Å². The summed E-state index contributed by atoms with van der Waals surface area (Å²) in [6.45, 7) is 2.25. The van der Waals surface area contributed by atoms with Crippen LogP contribution in [0.1, 0.15) is 29.3 Å². The number of sulfone groups is 1. The van der Waals surface area contributed by atoms with Gasteiger partial charge in [-0.15, -0.1) is 0 Å². The average Bonchev–Trinajstić information content (AvgIpc) is 2.62. The summed E-state index contributed by atoms with van der Waals surface area (Å²) in [5.74, 6) is -1.49. The van der Waals surface area contributed by atoms with Crippen LogP contribution < -0.4 is 0 Å². The van der Waals surface area contributed by atoms with Crippen molar-refractivity contribution in [1.29, 1.82) is 0 Å². The van der Waals surface area contributed by atoms with Crippen LogP contribution >= 0.6 is 0 Å². The fraction of sp³-hybridized carbons (Fsp3) is 0.263. The van der Waals surface area contributed by atoms with Crippen molar-refractivity contribution >= 4 is 21.7 Å². The fourth-order valence-corrected chi connectivity index (χ4v) is 3.90. The molecule has 0 saturated heterocycles. The number of amides is 1. The van der Waals surface area contributed by atoms with Crippen LogP contribution in [0, 0.1) is 0 Å². The Balaban J connectivity index is 2.19. The molecule has 6 nitrogen and oxygen atoms in total. The molecule has 0 unspecified atom stereocenters. The molecule has 0 aliphatic rings. The van der Waals surface area contributed by atoms with E-state index in [9.17, 15) is 18.0 Å². The molecule has 0 radical (unpaired) electrons. The number of hydrogen-bond acceptors (Lipinski definition) is 4. The Kier molecular flexibility index (Phi) is 6.52. The minimum absolute atomic E-state index is 0.108. The van der Waals surface area contributed by atoms with E-state index in [-0.39, 0.29) is 29.5 Å². The summed E-state index contributed by atoms with van der Waals surface area (Å²) in [7, 11) is -3.51. The van der Waals surface area contributed by atoms with Crippen LogP contribution in [0.2, 0.25) is 0 Å². The highest BCUT2D eigenvalue weighted by molar-refractivity contribution is 7.90. The highest BCUT2D eigenvalue weighted by Gasteiger charge is 2.18. The lowest BCUT2D eigenvalue weighted by molar-refractivity contribution is -0.137. The molecule has 1 amide bonds. The molecule has 0 fully saturated rings. The maximum Gasteiger partial charge on any atom is 0.305 e. The monoisotopic (exact) mass is 375 g/mol. The highest BCUT2D eigenvalue weighted by atomic mass is 32.2. The lowest BCUT2D eigenvalue weighted by atomic mass is 10.1. The third-order valence-corrected chi connectivity index (χ3v) is 5.60. The van der Waals surface area contributed by atoms with E-state index in [1.165, 1.54) is 17.0 Å². The molecule has 138 valence electrons. The first-order chi connectivity index (χ1) is 12.3. The maximum atomic E-state index is 12.6. The fourth-order valence-electron chi connectivity index (χ4n) is 2.54. The van der Waals surface area contributed by atoms with Crippen LogP contribution in [0.15, 0.2) is 59.5 Å². The maximum absolute atomic E-state index is 12.6. The van der Waals surface area contributed by atoms with E-state index in [1.807, 2.05) is 0 Å². The first-order valence-electron chi connectivity index (χ1n) is 8.21. The molecule has 2 aromatic rings. The molecule has 0 spiro atoms. The first kappa shape index (κ1) is 19.7. The number of carboxylic acids is 1. The van der Waals surface area contributed by atoms with E-state index in [1.54, 1.807) is 49.4 Å². The molecule has 2 rings (SSSR count). The Hall–Kier alpha value is -2.67. The van der Waals surface area contributed by atoms with Crippen LogP contribution in [0.25, 0.3) is 0 Å². The molecular formula is C19H21NO5S. The Bertz CT molecular complexity index is 878. The van der Waals surface area contributed by atoms with Gasteiger partial charge in [0.2, 0.25) is 0 Å². The lowest BCUT2D eigenvalue weighted by Gasteiger charge is -2.20. The predicted molar refractivity (Wildman–Crippen MR) is 97.6 cm³/mol. The summed E-state index contributed by atoms with van der Waals surface area (Å²) in [5, 5.41) is 8.79. The van der Waals surface area contributed by atoms with Gasteiger partial charge < -0.3 is 10.0 Å². The van der Waals surface area contributed by atoms with Crippen molar-refractivity contribution in [3.8, 4) is 0 Å². The molecule has 0 aromatic heterocycles. The third kappa shape index (κ3) is 5.16. The number of benzene rings is 2. The van der Waals surface area contributed by atoms with Gasteiger partial charge >= 0.3 is 5.97 Å². The van der Waals surface area contributed by atoms with Crippen molar-refractivity contribution < 1.29 is 23.1 Å². The van der Waals surface area contributed by atoms with Gasteiger partial charge in [0.1, 0.15) is 0 Å². The minimum Gasteiger partial charge on any atom is -0.481 e. The number of nitrogens with zero attached hydrogens (tertiary/aromatic N) is 1. The molecule has 26 heavy (non-hydrogen) atoms. The second-order valence-electron chi connectivity index (χ2n) is 5.80. The standard InChI is InChI=1S/C19H21NO5S/c1-2-20(12-11-18(21)22)19(23)16-8-6-7-15(13-16)14-26(24,25)17-9-4-3-5-10-17/h3-10,13H,2,11-12,14H2,1H3,(H,21,22). The largest absolute Gasteiger partial charge is 0.481 e. The van der Waals surface area contributed by atoms with Gasteiger partial charge in [0.25, 0.3) is 5.91 Å². The molecular weight excluding hydrogens is 354 g/mol. The van der Waals surface area contributed by atoms with E-state index >= 15 is 0 Å². The molecule has 7 heteroatoms. The van der Waals surface area contributed by atoms with Gasteiger partial charge in [0.05, 0.1) is 17.1 Å². The summed E-state index contributed by atoms with van der Waals surface area (Å²) >= 11 is 0. The number of carbonyl (C=O) groups excluding carboxylic acids is 1. The quantitative estimate of drug-likeness (QED) is 0.766. The minimum atomic E-state index is -3.51. The van der Waals surface area contributed by atoms with Crippen LogP contribution in [0.5, 0.6) is 0 Å². The summed E-state index contributed by atoms with van der Waals surface area (Å²) in [5.41, 5.74) is 0.854. The molecule has 0 bridgehead atoms. The SMILES string of the molecule is CCN(CCC(=O)O)C(=O)c1cccc(CS(=O)(=O)c2ccccc2)c1. The van der Waals surface area contributed by atoms with E-state index in [0.29, 0.717) is 17.7 Å². The zero-order chi connectivity index (χ0) is 19.2. The van der Waals surface area contributed by atoms with Crippen molar-refractivity contribution in [1.82, 2.24) is 4.90 Å². The van der Waals surface area contributed by atoms with E-state index in [0.717, 1.165) is 0 Å². The molecule has 0 aliphatic carbocycles. The Morgan fingerprint density at radius 2 is 1.73 bits per heavy atom. The predicted octanol–water partition coefficient (Wildman–Crippen LogP) is 2.60. The smallest absolute Gasteiger partial charge is 0.305 e. The van der Waals surface area contributed by atoms with Crippen molar-refractivity contribution in [2.45, 2.75) is 24.0 Å². The second kappa shape index (κ2) is 8.62. The Labute approximate surface area is 153 Å². The summed E-state index contributed by atoms with van der Waals surface area (Å²) in [6.07, 6.45) is -0.137. The molecule has 0 aliphatic heterocycles. The summed E-state index contributed by atoms with van der Waals surface area (Å²) in [4.78, 5) is 24.9. The highest BCUT2D eigenvalue weighted by Crippen LogP contribution is 2.17. The first-order valence-corrected chi connectivity index (χ1v) is 9.86. The van der Waals surface area contributed by atoms with E-state index in [2.05, 4.69) is 0 Å². The van der Waals surface area contributed by atoms with Crippen molar-refractivity contribution in [2.75, 3.05) is 13.1 Å². The zero-order valence-electron chi connectivity index (χ0n) is 14.5. The summed E-state index contributed by atoms with van der Waals surface area (Å²) < 4.78 is 25.0. The van der Waals surface area contributed by atoms with Gasteiger partial charge in [-0.2, -0.15) is 0 Å². The van der Waals surface area contributed by atoms with Crippen molar-refractivity contribution in [3.63, 3.8) is 0 Å². The lowest BCUT2D eigenvalue weighted by Crippen LogP contribution is -2.32. The van der Waals surface area contributed by atoms with E-state index in [4.69, 9.17) is 5.11 Å². The Morgan fingerprint density at radius 1 is 1.04 bits per heavy atom. The van der Waals surface area contributed by atoms with Gasteiger partial charge in [0.15, 0.2) is 9.84 Å². The number of rotatable bonds is 8. The van der Waals surface area contributed by atoms with Gasteiger partial charge in [-0.3, -0.25) is 9.59 Å². The average molecular weight is 375 g/mol. The molecule has 1 N–H and O–H groups in total. The number of carbonyl (C=O) groups is 2.